The van der Waals surface area contributed by atoms with Gasteiger partial charge in [0.15, 0.2) is 0 Å². The minimum Gasteiger partial charge on any atom is -0.480 e. The zero-order valence-electron chi connectivity index (χ0n) is 12.9. The lowest BCUT2D eigenvalue weighted by Gasteiger charge is -2.37. The summed E-state index contributed by atoms with van der Waals surface area (Å²) in [6.45, 7) is -0.833. The number of carboxylic acid groups (broad SMARTS) is 3. The van der Waals surface area contributed by atoms with Crippen LogP contribution in [0.5, 0.6) is 0 Å². The molecule has 132 valence electrons. The minimum absolute atomic E-state index is 0.106. The van der Waals surface area contributed by atoms with E-state index in [0.29, 0.717) is 12.8 Å². The number of hydrogen-bond donors (Lipinski definition) is 4. The van der Waals surface area contributed by atoms with Crippen molar-refractivity contribution in [1.29, 1.82) is 0 Å². The molecule has 23 heavy (non-hydrogen) atoms. The number of carboxylic acids is 3. The second-order valence-corrected chi connectivity index (χ2v) is 5.78. The van der Waals surface area contributed by atoms with E-state index in [1.807, 2.05) is 0 Å². The van der Waals surface area contributed by atoms with Gasteiger partial charge in [-0.05, 0) is 12.8 Å². The average Bonchev–Trinajstić information content (AvgIpc) is 2.42. The molecule has 0 spiro atoms. The summed E-state index contributed by atoms with van der Waals surface area (Å²) in [6.07, 6.45) is 2.45. The SMILES string of the molecule is O=C(O)CN(CCN(CC(=O)O)C1CCCCC1O)CC(=O)O. The molecular formula is C14H24N2O7. The van der Waals surface area contributed by atoms with Crippen LogP contribution < -0.4 is 0 Å². The Balaban J connectivity index is 2.68. The minimum atomic E-state index is -1.14. The fourth-order valence-corrected chi connectivity index (χ4v) is 2.92. The van der Waals surface area contributed by atoms with Gasteiger partial charge in [-0.2, -0.15) is 0 Å². The lowest BCUT2D eigenvalue weighted by molar-refractivity contribution is -0.144. The van der Waals surface area contributed by atoms with Crippen molar-refractivity contribution in [3.8, 4) is 0 Å². The molecule has 9 heteroatoms. The summed E-state index contributed by atoms with van der Waals surface area (Å²) in [6, 6.07) is -0.295. The molecule has 0 aromatic heterocycles. The monoisotopic (exact) mass is 332 g/mol. The quantitative estimate of drug-likeness (QED) is 0.403. The molecule has 1 fully saturated rings. The van der Waals surface area contributed by atoms with Crippen LogP contribution in [0.2, 0.25) is 0 Å². The number of hydrogen-bond acceptors (Lipinski definition) is 6. The van der Waals surface area contributed by atoms with Gasteiger partial charge in [-0.3, -0.25) is 24.2 Å². The molecule has 9 nitrogen and oxygen atoms in total. The van der Waals surface area contributed by atoms with Gasteiger partial charge < -0.3 is 20.4 Å². The number of nitrogens with zero attached hydrogens (tertiary/aromatic N) is 2. The van der Waals surface area contributed by atoms with E-state index in [1.165, 1.54) is 4.90 Å². The summed E-state index contributed by atoms with van der Waals surface area (Å²) in [5, 5.41) is 36.7. The van der Waals surface area contributed by atoms with Crippen LogP contribution in [0.15, 0.2) is 0 Å². The standard InChI is InChI=1S/C14H24N2O7/c17-11-4-2-1-3-10(11)16(9-14(22)23)6-5-15(7-12(18)19)8-13(20)21/h10-11,17H,1-9H2,(H,18,19)(H,20,21)(H,22,23). The molecule has 0 aromatic rings. The molecular weight excluding hydrogens is 308 g/mol. The van der Waals surface area contributed by atoms with E-state index in [-0.39, 0.29) is 25.7 Å². The van der Waals surface area contributed by atoms with Gasteiger partial charge in [0.1, 0.15) is 0 Å². The van der Waals surface area contributed by atoms with E-state index in [0.717, 1.165) is 12.8 Å². The molecule has 1 rings (SSSR count). The average molecular weight is 332 g/mol. The van der Waals surface area contributed by atoms with Crippen molar-refractivity contribution in [3.05, 3.63) is 0 Å². The van der Waals surface area contributed by atoms with Gasteiger partial charge in [-0.25, -0.2) is 0 Å². The fourth-order valence-electron chi connectivity index (χ4n) is 2.92. The van der Waals surface area contributed by atoms with Crippen molar-refractivity contribution in [2.45, 2.75) is 37.8 Å². The highest BCUT2D eigenvalue weighted by atomic mass is 16.4. The van der Waals surface area contributed by atoms with Crippen LogP contribution in [0.3, 0.4) is 0 Å². The van der Waals surface area contributed by atoms with Crippen molar-refractivity contribution in [2.24, 2.45) is 0 Å². The second kappa shape index (κ2) is 9.43. The molecule has 1 saturated carbocycles. The molecule has 0 aliphatic heterocycles. The van der Waals surface area contributed by atoms with E-state index < -0.39 is 37.1 Å². The van der Waals surface area contributed by atoms with Gasteiger partial charge in [-0.1, -0.05) is 12.8 Å². The Morgan fingerprint density at radius 2 is 1.35 bits per heavy atom. The third-order valence-corrected chi connectivity index (χ3v) is 3.92. The van der Waals surface area contributed by atoms with E-state index in [9.17, 15) is 19.5 Å². The maximum atomic E-state index is 11.0. The summed E-state index contributed by atoms with van der Waals surface area (Å²) in [4.78, 5) is 35.4. The van der Waals surface area contributed by atoms with Crippen LogP contribution in [0.4, 0.5) is 0 Å². The number of aliphatic carboxylic acids is 3. The molecule has 0 amide bonds. The van der Waals surface area contributed by atoms with Gasteiger partial charge in [0, 0.05) is 19.1 Å². The molecule has 2 unspecified atom stereocenters. The van der Waals surface area contributed by atoms with Crippen LogP contribution in [-0.4, -0.2) is 93.0 Å². The maximum Gasteiger partial charge on any atom is 0.317 e. The second-order valence-electron chi connectivity index (χ2n) is 5.78. The van der Waals surface area contributed by atoms with Gasteiger partial charge >= 0.3 is 17.9 Å². The summed E-state index contributed by atoms with van der Waals surface area (Å²) in [7, 11) is 0. The Labute approximate surface area is 134 Å². The predicted molar refractivity (Wildman–Crippen MR) is 79.2 cm³/mol. The van der Waals surface area contributed by atoms with Crippen molar-refractivity contribution in [2.75, 3.05) is 32.7 Å². The van der Waals surface area contributed by atoms with Crippen LogP contribution >= 0.6 is 0 Å². The first-order chi connectivity index (χ1) is 10.8. The number of carbonyl (C=O) groups is 3. The first kappa shape index (κ1) is 19.3. The van der Waals surface area contributed by atoms with Crippen molar-refractivity contribution in [1.82, 2.24) is 9.80 Å². The highest BCUT2D eigenvalue weighted by Gasteiger charge is 2.30. The molecule has 2 atom stereocenters. The Kier molecular flexibility index (Phi) is 7.93. The largest absolute Gasteiger partial charge is 0.480 e. The first-order valence-corrected chi connectivity index (χ1v) is 7.59. The van der Waals surface area contributed by atoms with Gasteiger partial charge in [0.25, 0.3) is 0 Å². The molecule has 0 bridgehead atoms. The Morgan fingerprint density at radius 3 is 1.83 bits per heavy atom. The highest BCUT2D eigenvalue weighted by molar-refractivity contribution is 5.72. The van der Waals surface area contributed by atoms with Crippen LogP contribution in [0.1, 0.15) is 25.7 Å². The highest BCUT2D eigenvalue weighted by Crippen LogP contribution is 2.23. The Morgan fingerprint density at radius 1 is 0.826 bits per heavy atom. The molecule has 0 aromatic carbocycles. The molecule has 4 N–H and O–H groups in total. The summed E-state index contributed by atoms with van der Waals surface area (Å²) < 4.78 is 0. The Hall–Kier alpha value is -1.71. The lowest BCUT2D eigenvalue weighted by atomic mass is 9.91. The third-order valence-electron chi connectivity index (χ3n) is 3.92. The molecule has 0 radical (unpaired) electrons. The number of rotatable bonds is 10. The van der Waals surface area contributed by atoms with E-state index in [2.05, 4.69) is 0 Å². The first-order valence-electron chi connectivity index (χ1n) is 7.59. The van der Waals surface area contributed by atoms with Gasteiger partial charge in [-0.15, -0.1) is 0 Å². The zero-order chi connectivity index (χ0) is 17.4. The summed E-state index contributed by atoms with van der Waals surface area (Å²) in [5.74, 6) is -3.33. The van der Waals surface area contributed by atoms with Gasteiger partial charge in [0.2, 0.25) is 0 Å². The smallest absolute Gasteiger partial charge is 0.317 e. The van der Waals surface area contributed by atoms with Crippen molar-refractivity contribution in [3.63, 3.8) is 0 Å². The predicted octanol–water partition coefficient (Wildman–Crippen LogP) is -0.852. The number of aliphatic hydroxyl groups excluding tert-OH is 1. The van der Waals surface area contributed by atoms with Crippen molar-refractivity contribution < 1.29 is 34.8 Å². The van der Waals surface area contributed by atoms with E-state index >= 15 is 0 Å². The van der Waals surface area contributed by atoms with E-state index in [1.54, 1.807) is 4.90 Å². The van der Waals surface area contributed by atoms with Crippen LogP contribution in [-0.2, 0) is 14.4 Å². The third kappa shape index (κ3) is 7.40. The molecule has 1 aliphatic rings. The molecule has 1 aliphatic carbocycles. The zero-order valence-corrected chi connectivity index (χ0v) is 12.9. The van der Waals surface area contributed by atoms with Gasteiger partial charge in [0.05, 0.1) is 25.7 Å². The summed E-state index contributed by atoms with van der Waals surface area (Å²) >= 11 is 0. The lowest BCUT2D eigenvalue weighted by Crippen LogP contribution is -2.50. The maximum absolute atomic E-state index is 11.0. The summed E-state index contributed by atoms with van der Waals surface area (Å²) in [5.41, 5.74) is 0. The van der Waals surface area contributed by atoms with Crippen LogP contribution in [0.25, 0.3) is 0 Å². The molecule has 0 heterocycles. The number of aliphatic hydroxyl groups is 1. The normalized spacial score (nSPS) is 21.5. The van der Waals surface area contributed by atoms with Crippen molar-refractivity contribution >= 4 is 17.9 Å². The fraction of sp³-hybridized carbons (Fsp3) is 0.786. The van der Waals surface area contributed by atoms with Crippen LogP contribution in [0, 0.1) is 0 Å². The van der Waals surface area contributed by atoms with E-state index in [4.69, 9.17) is 15.3 Å². The topological polar surface area (TPSA) is 139 Å². The Bertz CT molecular complexity index is 413. The molecule has 0 saturated heterocycles.